The monoisotopic (exact) mass is 287 g/mol. The van der Waals surface area contributed by atoms with E-state index in [1.54, 1.807) is 6.08 Å². The minimum Gasteiger partial charge on any atom is -0.508 e. The van der Waals surface area contributed by atoms with Gasteiger partial charge in [0.05, 0.1) is 6.04 Å². The summed E-state index contributed by atoms with van der Waals surface area (Å²) in [4.78, 5) is 0. The second-order valence-electron chi connectivity index (χ2n) is 5.06. The molecule has 0 spiro atoms. The molecule has 112 valence electrons. The normalized spacial score (nSPS) is 21.9. The number of allylic oxidation sites excluding steroid dienone is 3. The predicted octanol–water partition coefficient (Wildman–Crippen LogP) is 2.81. The third kappa shape index (κ3) is 3.28. The Morgan fingerprint density at radius 1 is 1.48 bits per heavy atom. The third-order valence-electron chi connectivity index (χ3n) is 3.44. The highest BCUT2D eigenvalue weighted by molar-refractivity contribution is 5.52. The molecule has 0 aromatic heterocycles. The first-order valence-electron chi connectivity index (χ1n) is 7.03. The molecule has 4 heteroatoms. The van der Waals surface area contributed by atoms with Gasteiger partial charge in [-0.2, -0.15) is 0 Å². The Morgan fingerprint density at radius 3 is 2.90 bits per heavy atom. The molecule has 0 saturated heterocycles. The van der Waals surface area contributed by atoms with Crippen LogP contribution >= 0.6 is 0 Å². The van der Waals surface area contributed by atoms with Crippen molar-refractivity contribution in [2.75, 3.05) is 0 Å². The zero-order valence-electron chi connectivity index (χ0n) is 12.1. The Labute approximate surface area is 124 Å². The summed E-state index contributed by atoms with van der Waals surface area (Å²) in [6, 6.07) is 2.52. The van der Waals surface area contributed by atoms with Gasteiger partial charge in [-0.15, -0.1) is 0 Å². The number of benzene rings is 1. The van der Waals surface area contributed by atoms with E-state index in [1.807, 2.05) is 18.2 Å². The zero-order valence-corrected chi connectivity index (χ0v) is 12.1. The number of phenolic OH excluding ortho intramolecular Hbond substituents is 2. The summed E-state index contributed by atoms with van der Waals surface area (Å²) >= 11 is 0. The van der Waals surface area contributed by atoms with Gasteiger partial charge >= 0.3 is 0 Å². The van der Waals surface area contributed by atoms with Gasteiger partial charge in [0.2, 0.25) is 0 Å². The summed E-state index contributed by atoms with van der Waals surface area (Å²) in [5.41, 5.74) is 7.75. The third-order valence-corrected chi connectivity index (χ3v) is 3.44. The van der Waals surface area contributed by atoms with Gasteiger partial charge in [-0.25, -0.2) is 0 Å². The second-order valence-corrected chi connectivity index (χ2v) is 5.06. The first-order chi connectivity index (χ1) is 10.1. The Kier molecular flexibility index (Phi) is 4.70. The number of hydrogen-bond donors (Lipinski definition) is 3. The van der Waals surface area contributed by atoms with Crippen LogP contribution in [0, 0.1) is 0 Å². The molecule has 1 heterocycles. The van der Waals surface area contributed by atoms with Gasteiger partial charge in [0.1, 0.15) is 23.4 Å². The molecule has 0 aliphatic carbocycles. The molecule has 0 saturated carbocycles. The maximum atomic E-state index is 9.88. The molecule has 2 rings (SSSR count). The Balaban J connectivity index is 2.36. The number of rotatable bonds is 4. The molecule has 1 aliphatic heterocycles. The number of aromatic hydroxyl groups is 2. The van der Waals surface area contributed by atoms with Gasteiger partial charge in [-0.1, -0.05) is 37.8 Å². The molecule has 1 aromatic carbocycles. The van der Waals surface area contributed by atoms with Gasteiger partial charge in [0, 0.05) is 17.7 Å². The fraction of sp³-hybridized carbons (Fsp3) is 0.294. The molecular weight excluding hydrogens is 266 g/mol. The van der Waals surface area contributed by atoms with E-state index < -0.39 is 0 Å². The van der Waals surface area contributed by atoms with Crippen LogP contribution in [0.3, 0.4) is 0 Å². The molecule has 21 heavy (non-hydrogen) atoms. The number of nitrogens with two attached hydrogens (primary N) is 1. The lowest BCUT2D eigenvalue weighted by atomic mass is 9.92. The molecule has 1 aromatic rings. The topological polar surface area (TPSA) is 75.7 Å². The van der Waals surface area contributed by atoms with E-state index in [2.05, 4.69) is 13.5 Å². The van der Waals surface area contributed by atoms with Crippen molar-refractivity contribution >= 4 is 0 Å². The van der Waals surface area contributed by atoms with Crippen molar-refractivity contribution in [2.45, 2.75) is 31.9 Å². The van der Waals surface area contributed by atoms with Gasteiger partial charge in [0.25, 0.3) is 0 Å². The van der Waals surface area contributed by atoms with E-state index in [4.69, 9.17) is 10.5 Å². The molecule has 0 bridgehead atoms. The maximum Gasteiger partial charge on any atom is 0.139 e. The van der Waals surface area contributed by atoms with Crippen molar-refractivity contribution in [1.29, 1.82) is 0 Å². The lowest BCUT2D eigenvalue weighted by Crippen LogP contribution is -2.44. The van der Waals surface area contributed by atoms with Crippen LogP contribution in [0.1, 0.15) is 18.9 Å². The molecule has 2 atom stereocenters. The van der Waals surface area contributed by atoms with Gasteiger partial charge < -0.3 is 20.7 Å². The molecule has 0 radical (unpaired) electrons. The number of phenols is 2. The van der Waals surface area contributed by atoms with Crippen molar-refractivity contribution in [3.63, 3.8) is 0 Å². The van der Waals surface area contributed by atoms with Crippen LogP contribution < -0.4 is 10.5 Å². The highest BCUT2D eigenvalue weighted by Crippen LogP contribution is 2.38. The van der Waals surface area contributed by atoms with E-state index >= 15 is 0 Å². The Hall–Kier alpha value is -2.20. The minimum atomic E-state index is -0.334. The summed E-state index contributed by atoms with van der Waals surface area (Å²) in [7, 11) is 0. The highest BCUT2D eigenvalue weighted by Gasteiger charge is 2.31. The van der Waals surface area contributed by atoms with Crippen LogP contribution in [-0.4, -0.2) is 22.4 Å². The van der Waals surface area contributed by atoms with Crippen LogP contribution in [-0.2, 0) is 6.42 Å². The van der Waals surface area contributed by atoms with E-state index in [0.29, 0.717) is 17.7 Å². The van der Waals surface area contributed by atoms with Crippen LogP contribution in [0.15, 0.2) is 48.6 Å². The molecule has 0 amide bonds. The Morgan fingerprint density at radius 2 is 2.24 bits per heavy atom. The maximum absolute atomic E-state index is 9.88. The van der Waals surface area contributed by atoms with Crippen LogP contribution in [0.25, 0.3) is 0 Å². The van der Waals surface area contributed by atoms with Crippen LogP contribution in [0.5, 0.6) is 17.2 Å². The fourth-order valence-corrected chi connectivity index (χ4v) is 2.44. The first kappa shape index (κ1) is 15.2. The molecule has 2 unspecified atom stereocenters. The van der Waals surface area contributed by atoms with Crippen molar-refractivity contribution < 1.29 is 14.9 Å². The molecule has 4 N–H and O–H groups in total. The fourth-order valence-electron chi connectivity index (χ4n) is 2.44. The molecule has 4 nitrogen and oxygen atoms in total. The molecule has 1 aliphatic rings. The minimum absolute atomic E-state index is 0.0113. The second kappa shape index (κ2) is 6.50. The quantitative estimate of drug-likeness (QED) is 0.744. The first-order valence-corrected chi connectivity index (χ1v) is 7.03. The number of fused-ring (bicyclic) bond motifs is 1. The van der Waals surface area contributed by atoms with E-state index in [0.717, 1.165) is 12.0 Å². The summed E-state index contributed by atoms with van der Waals surface area (Å²) in [6.07, 6.45) is 8.63. The SMILES string of the molecule is C=C/C=C(\C=C/CC)C1Oc2cc(O)cc(O)c2CC1N. The van der Waals surface area contributed by atoms with Gasteiger partial charge in [-0.05, 0) is 18.4 Å². The number of ether oxygens (including phenoxy) is 1. The summed E-state index contributed by atoms with van der Waals surface area (Å²) < 4.78 is 5.91. The van der Waals surface area contributed by atoms with Crippen LogP contribution in [0.4, 0.5) is 0 Å². The highest BCUT2D eigenvalue weighted by atomic mass is 16.5. The van der Waals surface area contributed by atoms with E-state index in [1.165, 1.54) is 12.1 Å². The van der Waals surface area contributed by atoms with E-state index in [-0.39, 0.29) is 23.6 Å². The lowest BCUT2D eigenvalue weighted by Gasteiger charge is -2.32. The Bertz CT molecular complexity index is 590. The van der Waals surface area contributed by atoms with E-state index in [9.17, 15) is 10.2 Å². The molecular formula is C17H21NO3. The average molecular weight is 287 g/mol. The van der Waals surface area contributed by atoms with Crippen molar-refractivity contribution in [3.05, 3.63) is 54.2 Å². The molecule has 0 fully saturated rings. The smallest absolute Gasteiger partial charge is 0.139 e. The largest absolute Gasteiger partial charge is 0.508 e. The lowest BCUT2D eigenvalue weighted by molar-refractivity contribution is 0.184. The van der Waals surface area contributed by atoms with Crippen molar-refractivity contribution in [1.82, 2.24) is 0 Å². The summed E-state index contributed by atoms with van der Waals surface area (Å²) in [5.74, 6) is 0.454. The summed E-state index contributed by atoms with van der Waals surface area (Å²) in [5, 5.41) is 19.5. The van der Waals surface area contributed by atoms with Gasteiger partial charge in [0.15, 0.2) is 0 Å². The van der Waals surface area contributed by atoms with Crippen molar-refractivity contribution in [3.8, 4) is 17.2 Å². The van der Waals surface area contributed by atoms with Gasteiger partial charge in [-0.3, -0.25) is 0 Å². The average Bonchev–Trinajstić information content (AvgIpc) is 2.44. The zero-order chi connectivity index (χ0) is 15.4. The van der Waals surface area contributed by atoms with Crippen LogP contribution in [0.2, 0.25) is 0 Å². The number of hydrogen-bond acceptors (Lipinski definition) is 4. The standard InChI is InChI=1S/C17H21NO3/c1-3-5-7-11(6-4-2)17-14(18)10-13-15(20)8-12(19)9-16(13)21-17/h4-9,14,17,19-20H,2-3,10,18H2,1H3/b7-5-,11-6+. The summed E-state index contributed by atoms with van der Waals surface area (Å²) in [6.45, 7) is 5.76. The van der Waals surface area contributed by atoms with Crippen molar-refractivity contribution in [2.24, 2.45) is 5.73 Å². The predicted molar refractivity (Wildman–Crippen MR) is 83.6 cm³/mol.